The fourth-order valence-electron chi connectivity index (χ4n) is 3.43. The van der Waals surface area contributed by atoms with Crippen LogP contribution in [0.3, 0.4) is 0 Å². The number of anilines is 1. The third kappa shape index (κ3) is 3.76. The van der Waals surface area contributed by atoms with Gasteiger partial charge in [-0.2, -0.15) is 0 Å². The summed E-state index contributed by atoms with van der Waals surface area (Å²) in [5.74, 6) is -0.923. The Bertz CT molecular complexity index is 1290. The summed E-state index contributed by atoms with van der Waals surface area (Å²) in [5.41, 5.74) is 1.64. The molecule has 1 saturated heterocycles. The highest BCUT2D eigenvalue weighted by Crippen LogP contribution is 2.38. The van der Waals surface area contributed by atoms with Crippen LogP contribution in [-0.4, -0.2) is 52.0 Å². The Balaban J connectivity index is 1.58. The molecule has 0 unspecified atom stereocenters. The molecule has 1 aliphatic heterocycles. The molecular weight excluding hydrogens is 441 g/mol. The number of fused-ring (bicyclic) bond motifs is 1. The first-order valence-corrected chi connectivity index (χ1v) is 10.7. The van der Waals surface area contributed by atoms with E-state index in [0.717, 1.165) is 28.3 Å². The Morgan fingerprint density at radius 3 is 2.71 bits per heavy atom. The van der Waals surface area contributed by atoms with E-state index >= 15 is 0 Å². The van der Waals surface area contributed by atoms with Gasteiger partial charge < -0.3 is 9.64 Å². The largest absolute Gasteiger partial charge is 0.378 e. The number of hydrogen-bond acceptors (Lipinski definition) is 8. The fraction of sp³-hybridized carbons (Fsp3) is 0.190. The van der Waals surface area contributed by atoms with E-state index in [0.29, 0.717) is 18.9 Å². The van der Waals surface area contributed by atoms with E-state index in [1.54, 1.807) is 0 Å². The van der Waals surface area contributed by atoms with Gasteiger partial charge in [0.2, 0.25) is 5.78 Å². The van der Waals surface area contributed by atoms with E-state index in [1.165, 1.54) is 48.3 Å². The predicted octanol–water partition coefficient (Wildman–Crippen LogP) is 4.01. The van der Waals surface area contributed by atoms with Crippen molar-refractivity contribution in [3.8, 4) is 11.3 Å². The Hall–Kier alpha value is -3.01. The van der Waals surface area contributed by atoms with Gasteiger partial charge in [0, 0.05) is 36.6 Å². The van der Waals surface area contributed by atoms with Gasteiger partial charge in [-0.15, -0.1) is 11.3 Å². The molecular formula is C21H15ClFN5O2S. The number of benzene rings is 1. The average molecular weight is 456 g/mol. The second kappa shape index (κ2) is 8.26. The first-order valence-electron chi connectivity index (χ1n) is 9.50. The molecule has 4 aromatic rings. The number of nitrogens with zero attached hydrogens (tertiary/aromatic N) is 5. The molecule has 0 spiro atoms. The summed E-state index contributed by atoms with van der Waals surface area (Å²) in [6.45, 7) is 2.90. The number of rotatable bonds is 4. The van der Waals surface area contributed by atoms with E-state index in [4.69, 9.17) is 16.3 Å². The zero-order chi connectivity index (χ0) is 21.4. The van der Waals surface area contributed by atoms with Crippen molar-refractivity contribution in [2.75, 3.05) is 31.2 Å². The van der Waals surface area contributed by atoms with E-state index in [-0.39, 0.29) is 22.0 Å². The van der Waals surface area contributed by atoms with Crippen molar-refractivity contribution in [1.82, 2.24) is 19.9 Å². The lowest BCUT2D eigenvalue weighted by molar-refractivity contribution is 0.103. The first kappa shape index (κ1) is 19.9. The fourth-order valence-corrected chi connectivity index (χ4v) is 4.79. The van der Waals surface area contributed by atoms with Crippen LogP contribution < -0.4 is 4.90 Å². The third-order valence-electron chi connectivity index (χ3n) is 4.97. The van der Waals surface area contributed by atoms with Crippen LogP contribution in [0.2, 0.25) is 5.15 Å². The molecule has 0 saturated carbocycles. The molecule has 0 atom stereocenters. The second-order valence-electron chi connectivity index (χ2n) is 6.84. The molecule has 4 heterocycles. The van der Waals surface area contributed by atoms with Gasteiger partial charge in [0.05, 0.1) is 34.1 Å². The quantitative estimate of drug-likeness (QED) is 0.430. The molecule has 0 bridgehead atoms. The van der Waals surface area contributed by atoms with Crippen molar-refractivity contribution in [2.24, 2.45) is 0 Å². The van der Waals surface area contributed by atoms with Crippen molar-refractivity contribution < 1.29 is 13.9 Å². The summed E-state index contributed by atoms with van der Waals surface area (Å²) < 4.78 is 21.0. The van der Waals surface area contributed by atoms with Crippen molar-refractivity contribution in [2.45, 2.75) is 0 Å². The third-order valence-corrected chi connectivity index (χ3v) is 6.44. The van der Waals surface area contributed by atoms with Crippen LogP contribution in [0.5, 0.6) is 0 Å². The van der Waals surface area contributed by atoms with Crippen LogP contribution in [0.1, 0.15) is 16.1 Å². The number of ketones is 1. The molecule has 1 aliphatic rings. The van der Waals surface area contributed by atoms with Crippen LogP contribution in [0.25, 0.3) is 21.5 Å². The highest BCUT2D eigenvalue weighted by molar-refractivity contribution is 7.23. The van der Waals surface area contributed by atoms with E-state index in [1.807, 2.05) is 6.07 Å². The lowest BCUT2D eigenvalue weighted by Crippen LogP contribution is -2.35. The summed E-state index contributed by atoms with van der Waals surface area (Å²) in [6, 6.07) is 6.09. The Morgan fingerprint density at radius 1 is 1.10 bits per heavy atom. The summed E-state index contributed by atoms with van der Waals surface area (Å²) >= 11 is 7.51. The molecule has 0 amide bonds. The monoisotopic (exact) mass is 455 g/mol. The standard InChI is InChI=1S/C21H15ClFN5O2S/c22-21-18(24-3-4-25-21)19(29)12-1-2-14(23)13(9-12)17-20-15(26-11-27-17)10-16(31-20)28-5-7-30-8-6-28/h1-4,9-11H,5-8H2. The van der Waals surface area contributed by atoms with Gasteiger partial charge in [-0.1, -0.05) is 11.6 Å². The molecule has 0 radical (unpaired) electrons. The maximum atomic E-state index is 14.8. The minimum Gasteiger partial charge on any atom is -0.378 e. The predicted molar refractivity (Wildman–Crippen MR) is 116 cm³/mol. The summed E-state index contributed by atoms with van der Waals surface area (Å²) in [4.78, 5) is 31.7. The zero-order valence-corrected chi connectivity index (χ0v) is 17.7. The highest BCUT2D eigenvalue weighted by Gasteiger charge is 2.21. The molecule has 31 heavy (non-hydrogen) atoms. The van der Waals surface area contributed by atoms with Gasteiger partial charge >= 0.3 is 0 Å². The van der Waals surface area contributed by atoms with Crippen LogP contribution in [0.15, 0.2) is 43.0 Å². The van der Waals surface area contributed by atoms with Crippen LogP contribution in [0.4, 0.5) is 9.39 Å². The first-order chi connectivity index (χ1) is 15.1. The van der Waals surface area contributed by atoms with Crippen LogP contribution in [0, 0.1) is 5.82 Å². The van der Waals surface area contributed by atoms with Gasteiger partial charge in [-0.3, -0.25) is 4.79 Å². The van der Waals surface area contributed by atoms with Crippen molar-refractivity contribution in [3.63, 3.8) is 0 Å². The summed E-state index contributed by atoms with van der Waals surface area (Å²) in [6.07, 6.45) is 4.19. The molecule has 0 N–H and O–H groups in total. The van der Waals surface area contributed by atoms with Crippen molar-refractivity contribution >= 4 is 43.9 Å². The van der Waals surface area contributed by atoms with E-state index in [2.05, 4.69) is 24.8 Å². The zero-order valence-electron chi connectivity index (χ0n) is 16.1. The Morgan fingerprint density at radius 2 is 1.90 bits per heavy atom. The van der Waals surface area contributed by atoms with Crippen LogP contribution >= 0.6 is 22.9 Å². The number of carbonyl (C=O) groups is 1. The smallest absolute Gasteiger partial charge is 0.214 e. The van der Waals surface area contributed by atoms with Crippen molar-refractivity contribution in [3.05, 3.63) is 65.2 Å². The topological polar surface area (TPSA) is 81.1 Å². The number of aromatic nitrogens is 4. The molecule has 1 fully saturated rings. The maximum absolute atomic E-state index is 14.8. The van der Waals surface area contributed by atoms with Gasteiger partial charge in [0.15, 0.2) is 5.15 Å². The maximum Gasteiger partial charge on any atom is 0.214 e. The molecule has 156 valence electrons. The molecule has 10 heteroatoms. The molecule has 7 nitrogen and oxygen atoms in total. The molecule has 1 aromatic carbocycles. The SMILES string of the molecule is O=C(c1ccc(F)c(-c2ncnc3cc(N4CCOCC4)sc23)c1)c1nccnc1Cl. The van der Waals surface area contributed by atoms with Gasteiger partial charge in [0.1, 0.15) is 17.8 Å². The van der Waals surface area contributed by atoms with E-state index < -0.39 is 11.6 Å². The second-order valence-corrected chi connectivity index (χ2v) is 8.23. The highest BCUT2D eigenvalue weighted by atomic mass is 35.5. The van der Waals surface area contributed by atoms with Gasteiger partial charge in [0.25, 0.3) is 0 Å². The number of halogens is 2. The number of thiophene rings is 1. The molecule has 0 aliphatic carbocycles. The minimum atomic E-state index is -0.483. The minimum absolute atomic E-state index is 0.00351. The average Bonchev–Trinajstić information content (AvgIpc) is 3.25. The van der Waals surface area contributed by atoms with Crippen molar-refractivity contribution in [1.29, 1.82) is 0 Å². The Labute approximate surface area is 185 Å². The normalized spacial score (nSPS) is 14.2. The lowest BCUT2D eigenvalue weighted by atomic mass is 10.0. The summed E-state index contributed by atoms with van der Waals surface area (Å²) in [7, 11) is 0. The van der Waals surface area contributed by atoms with Crippen LogP contribution in [-0.2, 0) is 4.74 Å². The number of ether oxygens (including phenoxy) is 1. The van der Waals surface area contributed by atoms with E-state index in [9.17, 15) is 9.18 Å². The number of hydrogen-bond donors (Lipinski definition) is 0. The molecule has 3 aromatic heterocycles. The van der Waals surface area contributed by atoms with Gasteiger partial charge in [-0.25, -0.2) is 24.3 Å². The number of carbonyl (C=O) groups excluding carboxylic acids is 1. The lowest BCUT2D eigenvalue weighted by Gasteiger charge is -2.27. The molecule has 5 rings (SSSR count). The summed E-state index contributed by atoms with van der Waals surface area (Å²) in [5, 5.41) is 1.02. The van der Waals surface area contributed by atoms with Gasteiger partial charge in [-0.05, 0) is 24.3 Å². The number of morpholine rings is 1. The Kier molecular flexibility index (Phi) is 5.31.